The molecule has 7 heteroatoms. The second-order valence-electron chi connectivity index (χ2n) is 5.34. The van der Waals surface area contributed by atoms with E-state index in [-0.39, 0.29) is 0 Å². The Morgan fingerprint density at radius 2 is 1.63 bits per heavy atom. The van der Waals surface area contributed by atoms with Gasteiger partial charge in [-0.1, -0.05) is 12.1 Å². The maximum Gasteiger partial charge on any atom is 0.331 e. The number of anilines is 1. The average molecular weight is 371 g/mol. The fourth-order valence-electron chi connectivity index (χ4n) is 2.21. The Labute approximate surface area is 157 Å². The predicted molar refractivity (Wildman–Crippen MR) is 101 cm³/mol. The van der Waals surface area contributed by atoms with Crippen LogP contribution in [0.5, 0.6) is 17.2 Å². The van der Waals surface area contributed by atoms with E-state index in [0.29, 0.717) is 28.5 Å². The number of nitrogens with one attached hydrogen (secondary N) is 1. The number of methoxy groups -OCH3 is 3. The third-order valence-electron chi connectivity index (χ3n) is 3.51. The summed E-state index contributed by atoms with van der Waals surface area (Å²) < 4.78 is 20.4. The lowest BCUT2D eigenvalue weighted by molar-refractivity contribution is -0.142. The number of benzene rings is 2. The van der Waals surface area contributed by atoms with Gasteiger partial charge in [0.05, 0.1) is 27.0 Å². The molecule has 0 aliphatic carbocycles. The van der Waals surface area contributed by atoms with Crippen LogP contribution in [0.2, 0.25) is 0 Å². The van der Waals surface area contributed by atoms with Crippen molar-refractivity contribution in [2.24, 2.45) is 0 Å². The maximum absolute atomic E-state index is 11.9. The highest BCUT2D eigenvalue weighted by molar-refractivity contribution is 5.95. The van der Waals surface area contributed by atoms with Crippen LogP contribution in [0.4, 0.5) is 5.69 Å². The molecule has 0 heterocycles. The van der Waals surface area contributed by atoms with E-state index in [0.717, 1.165) is 0 Å². The Hall–Kier alpha value is -3.48. The minimum atomic E-state index is -0.646. The van der Waals surface area contributed by atoms with E-state index < -0.39 is 18.5 Å². The van der Waals surface area contributed by atoms with Crippen molar-refractivity contribution in [3.05, 3.63) is 54.1 Å². The van der Waals surface area contributed by atoms with E-state index in [2.05, 4.69) is 5.32 Å². The zero-order valence-electron chi connectivity index (χ0n) is 15.4. The highest BCUT2D eigenvalue weighted by Gasteiger charge is 2.09. The van der Waals surface area contributed by atoms with Gasteiger partial charge in [0.25, 0.3) is 5.91 Å². The summed E-state index contributed by atoms with van der Waals surface area (Å²) in [5.41, 5.74) is 1.20. The van der Waals surface area contributed by atoms with E-state index in [1.165, 1.54) is 27.4 Å². The molecular formula is C20H21NO6. The molecule has 142 valence electrons. The van der Waals surface area contributed by atoms with Gasteiger partial charge in [0.1, 0.15) is 17.2 Å². The third-order valence-corrected chi connectivity index (χ3v) is 3.51. The molecule has 0 atom stereocenters. The summed E-state index contributed by atoms with van der Waals surface area (Å²) in [5.74, 6) is 0.595. The molecule has 0 bridgehead atoms. The fourth-order valence-corrected chi connectivity index (χ4v) is 2.21. The SMILES string of the molecule is COc1cc(/C=C/C(=O)OCC(=O)Nc2ccccc2OC)cc(OC)c1. The highest BCUT2D eigenvalue weighted by Crippen LogP contribution is 2.24. The number of esters is 1. The second-order valence-corrected chi connectivity index (χ2v) is 5.34. The summed E-state index contributed by atoms with van der Waals surface area (Å²) >= 11 is 0. The normalized spacial score (nSPS) is 10.3. The average Bonchev–Trinajstić information content (AvgIpc) is 2.70. The molecule has 2 aromatic rings. The van der Waals surface area contributed by atoms with Gasteiger partial charge in [0.2, 0.25) is 0 Å². The van der Waals surface area contributed by atoms with E-state index in [1.807, 2.05) is 0 Å². The maximum atomic E-state index is 11.9. The van der Waals surface area contributed by atoms with Gasteiger partial charge in [0, 0.05) is 12.1 Å². The molecule has 0 aliphatic heterocycles. The number of para-hydroxylation sites is 2. The van der Waals surface area contributed by atoms with Crippen molar-refractivity contribution in [3.8, 4) is 17.2 Å². The van der Waals surface area contributed by atoms with Gasteiger partial charge in [0.15, 0.2) is 6.61 Å². The van der Waals surface area contributed by atoms with Crippen LogP contribution in [-0.2, 0) is 14.3 Å². The Bertz CT molecular complexity index is 809. The molecule has 0 fully saturated rings. The molecule has 0 aromatic heterocycles. The molecule has 1 N–H and O–H groups in total. The van der Waals surface area contributed by atoms with Crippen LogP contribution in [-0.4, -0.2) is 39.8 Å². The van der Waals surface area contributed by atoms with Crippen molar-refractivity contribution >= 4 is 23.6 Å². The van der Waals surface area contributed by atoms with Crippen molar-refractivity contribution in [1.29, 1.82) is 0 Å². The van der Waals surface area contributed by atoms with Crippen molar-refractivity contribution in [1.82, 2.24) is 0 Å². The zero-order chi connectivity index (χ0) is 19.6. The molecule has 2 aromatic carbocycles. The van der Waals surface area contributed by atoms with Crippen LogP contribution in [0.15, 0.2) is 48.5 Å². The smallest absolute Gasteiger partial charge is 0.331 e. The molecule has 2 rings (SSSR count). The van der Waals surface area contributed by atoms with E-state index in [1.54, 1.807) is 48.5 Å². The van der Waals surface area contributed by atoms with Crippen LogP contribution in [0.25, 0.3) is 6.08 Å². The summed E-state index contributed by atoms with van der Waals surface area (Å²) in [5, 5.41) is 2.62. The van der Waals surface area contributed by atoms with Gasteiger partial charge >= 0.3 is 5.97 Å². The van der Waals surface area contributed by atoms with Crippen LogP contribution in [0, 0.1) is 0 Å². The van der Waals surface area contributed by atoms with Crippen molar-refractivity contribution in [2.45, 2.75) is 0 Å². The molecule has 0 unspecified atom stereocenters. The van der Waals surface area contributed by atoms with Crippen molar-refractivity contribution in [2.75, 3.05) is 33.3 Å². The molecule has 0 aliphatic rings. The van der Waals surface area contributed by atoms with Gasteiger partial charge in [-0.15, -0.1) is 0 Å². The molecule has 0 saturated heterocycles. The topological polar surface area (TPSA) is 83.1 Å². The Balaban J connectivity index is 1.90. The summed E-state index contributed by atoms with van der Waals surface area (Å²) in [6.45, 7) is -0.414. The van der Waals surface area contributed by atoms with E-state index >= 15 is 0 Å². The summed E-state index contributed by atoms with van der Waals surface area (Å²) in [7, 11) is 4.58. The first-order valence-corrected chi connectivity index (χ1v) is 8.06. The van der Waals surface area contributed by atoms with Gasteiger partial charge in [-0.3, -0.25) is 4.79 Å². The number of hydrogen-bond donors (Lipinski definition) is 1. The van der Waals surface area contributed by atoms with Crippen LogP contribution in [0.3, 0.4) is 0 Å². The number of carbonyl (C=O) groups excluding carboxylic acids is 2. The molecule has 27 heavy (non-hydrogen) atoms. The standard InChI is InChI=1S/C20H21NO6/c1-24-15-10-14(11-16(12-15)25-2)8-9-20(23)27-13-19(22)21-17-6-4-5-7-18(17)26-3/h4-12H,13H2,1-3H3,(H,21,22)/b9-8+. The third kappa shape index (κ3) is 6.07. The molecule has 1 amide bonds. The molecular weight excluding hydrogens is 350 g/mol. The molecule has 0 saturated carbocycles. The number of rotatable bonds is 8. The van der Waals surface area contributed by atoms with Gasteiger partial charge < -0.3 is 24.3 Å². The quantitative estimate of drug-likeness (QED) is 0.567. The summed E-state index contributed by atoms with van der Waals surface area (Å²) in [4.78, 5) is 23.8. The highest BCUT2D eigenvalue weighted by atomic mass is 16.5. The van der Waals surface area contributed by atoms with E-state index in [9.17, 15) is 9.59 Å². The number of amides is 1. The van der Waals surface area contributed by atoms with Gasteiger partial charge in [-0.05, 0) is 35.9 Å². The predicted octanol–water partition coefficient (Wildman–Crippen LogP) is 2.91. The van der Waals surface area contributed by atoms with Crippen molar-refractivity contribution < 1.29 is 28.5 Å². The Morgan fingerprint density at radius 1 is 0.963 bits per heavy atom. The van der Waals surface area contributed by atoms with Crippen molar-refractivity contribution in [3.63, 3.8) is 0 Å². The number of hydrogen-bond acceptors (Lipinski definition) is 6. The minimum Gasteiger partial charge on any atom is -0.497 e. The second kappa shape index (κ2) is 9.86. The van der Waals surface area contributed by atoms with E-state index in [4.69, 9.17) is 18.9 Å². The minimum absolute atomic E-state index is 0.414. The van der Waals surface area contributed by atoms with Crippen LogP contribution in [0.1, 0.15) is 5.56 Å². The first kappa shape index (κ1) is 19.8. The number of carbonyl (C=O) groups is 2. The summed E-state index contributed by atoms with van der Waals surface area (Å²) in [6.07, 6.45) is 2.77. The van der Waals surface area contributed by atoms with Crippen LogP contribution >= 0.6 is 0 Å². The first-order valence-electron chi connectivity index (χ1n) is 8.06. The van der Waals surface area contributed by atoms with Gasteiger partial charge in [-0.2, -0.15) is 0 Å². The molecule has 0 radical (unpaired) electrons. The zero-order valence-corrected chi connectivity index (χ0v) is 15.4. The fraction of sp³-hybridized carbons (Fsp3) is 0.200. The Morgan fingerprint density at radius 3 is 2.26 bits per heavy atom. The Kier molecular flexibility index (Phi) is 7.25. The molecule has 7 nitrogen and oxygen atoms in total. The van der Waals surface area contributed by atoms with Gasteiger partial charge in [-0.25, -0.2) is 4.79 Å². The number of ether oxygens (including phenoxy) is 4. The lowest BCUT2D eigenvalue weighted by Crippen LogP contribution is -2.20. The largest absolute Gasteiger partial charge is 0.497 e. The molecule has 0 spiro atoms. The summed E-state index contributed by atoms with van der Waals surface area (Å²) in [6, 6.07) is 12.1. The van der Waals surface area contributed by atoms with Crippen LogP contribution < -0.4 is 19.5 Å². The monoisotopic (exact) mass is 371 g/mol. The lowest BCUT2D eigenvalue weighted by Gasteiger charge is -2.09. The first-order chi connectivity index (χ1) is 13.0. The lowest BCUT2D eigenvalue weighted by atomic mass is 10.2.